The molecule has 0 amide bonds. The van der Waals surface area contributed by atoms with Crippen molar-refractivity contribution in [3.8, 4) is 5.75 Å². The van der Waals surface area contributed by atoms with E-state index in [1.165, 1.54) is 0 Å². The monoisotopic (exact) mass is 181 g/mol. The Morgan fingerprint density at radius 3 is 2.92 bits per heavy atom. The van der Waals surface area contributed by atoms with Gasteiger partial charge in [-0.2, -0.15) is 0 Å². The predicted octanol–water partition coefficient (Wildman–Crippen LogP) is 1.02. The number of hydrogen-bond donors (Lipinski definition) is 0. The molecule has 1 rings (SSSR count). The van der Waals surface area contributed by atoms with Crippen LogP contribution in [-0.4, -0.2) is 17.7 Å². The van der Waals surface area contributed by atoms with E-state index in [4.69, 9.17) is 9.84 Å². The Hall–Kier alpha value is -1.51. The van der Waals surface area contributed by atoms with Crippen molar-refractivity contribution in [2.45, 2.75) is 13.3 Å². The summed E-state index contributed by atoms with van der Waals surface area (Å²) in [7, 11) is 0. The minimum absolute atomic E-state index is 0.147. The van der Waals surface area contributed by atoms with Gasteiger partial charge in [-0.05, 0) is 24.6 Å². The Balaban J connectivity index is 2.41. The average molecular weight is 181 g/mol. The zero-order valence-electron chi connectivity index (χ0n) is 7.54. The van der Waals surface area contributed by atoms with Gasteiger partial charge >= 0.3 is 5.97 Å². The zero-order valence-corrected chi connectivity index (χ0v) is 7.54. The fourth-order valence-corrected chi connectivity index (χ4v) is 0.967. The van der Waals surface area contributed by atoms with Crippen LogP contribution in [0.5, 0.6) is 5.75 Å². The van der Waals surface area contributed by atoms with E-state index in [0.717, 1.165) is 11.3 Å². The molecule has 0 radical (unpaired) electrons. The molecule has 0 spiro atoms. The van der Waals surface area contributed by atoms with Gasteiger partial charge < -0.3 is 9.84 Å². The first-order chi connectivity index (χ1) is 6.18. The van der Waals surface area contributed by atoms with E-state index in [1.807, 2.05) is 31.2 Å². The first kappa shape index (κ1) is 9.58. The fraction of sp³-hybridized carbons (Fsp3) is 0.300. The van der Waals surface area contributed by atoms with Crippen molar-refractivity contribution >= 4 is 5.97 Å². The molecule has 0 heterocycles. The second kappa shape index (κ2) is 4.50. The van der Waals surface area contributed by atoms with Gasteiger partial charge in [-0.15, -0.1) is 0 Å². The number of benzene rings is 1. The molecule has 0 aliphatic carbocycles. The summed E-state index contributed by atoms with van der Waals surface area (Å²) >= 11 is 0. The number of ether oxygens (including phenoxy) is 1. The summed E-state index contributed by atoms with van der Waals surface area (Å²) < 4.78 is 5.26. The summed E-state index contributed by atoms with van der Waals surface area (Å²) in [4.78, 5) is 10.3. The molecule has 3 heteroatoms. The summed E-state index contributed by atoms with van der Waals surface area (Å²) in [6, 6.07) is 7.60. The third-order valence-corrected chi connectivity index (χ3v) is 1.59. The molecule has 0 bridgehead atoms. The highest BCUT2D eigenvalue weighted by atomic mass is 16.5. The number of hydrogen-bond acceptors (Lipinski definition) is 2. The minimum atomic E-state index is -0.590. The van der Waals surface area contributed by atoms with Crippen molar-refractivity contribution in [2.75, 3.05) is 6.61 Å². The maximum Gasteiger partial charge on any atom is 0.519 e. The normalized spacial score (nSPS) is 9.62. The van der Waals surface area contributed by atoms with Crippen LogP contribution in [0, 0.1) is 6.92 Å². The lowest BCUT2D eigenvalue weighted by Crippen LogP contribution is -2.04. The summed E-state index contributed by atoms with van der Waals surface area (Å²) in [6.07, 6.45) is 0.147. The van der Waals surface area contributed by atoms with Gasteiger partial charge in [0.2, 0.25) is 0 Å². The lowest BCUT2D eigenvalue weighted by molar-refractivity contribution is -0.137. The molecule has 0 atom stereocenters. The summed E-state index contributed by atoms with van der Waals surface area (Å²) in [5.41, 5.74) is 1.12. The smallest absolute Gasteiger partial charge is 0.519 e. The minimum Gasteiger partial charge on any atom is -0.565 e. The van der Waals surface area contributed by atoms with Gasteiger partial charge in [-0.1, -0.05) is 12.1 Å². The fourth-order valence-electron chi connectivity index (χ4n) is 0.967. The molecular formula is C10H13O3+. The van der Waals surface area contributed by atoms with E-state index in [-0.39, 0.29) is 13.0 Å². The van der Waals surface area contributed by atoms with Crippen LogP contribution in [0.1, 0.15) is 12.0 Å². The molecule has 2 N–H and O–H groups in total. The summed E-state index contributed by atoms with van der Waals surface area (Å²) in [5, 5.41) is 6.67. The molecule has 0 fully saturated rings. The van der Waals surface area contributed by atoms with Crippen molar-refractivity contribution in [3.63, 3.8) is 0 Å². The lowest BCUT2D eigenvalue weighted by atomic mass is 10.2. The Kier molecular flexibility index (Phi) is 3.31. The van der Waals surface area contributed by atoms with Gasteiger partial charge in [0.05, 0.1) is 0 Å². The molecular weight excluding hydrogens is 168 g/mol. The Labute approximate surface area is 77.0 Å². The Morgan fingerprint density at radius 2 is 2.31 bits per heavy atom. The first-order valence-electron chi connectivity index (χ1n) is 4.12. The van der Waals surface area contributed by atoms with Gasteiger partial charge in [0.15, 0.2) is 0 Å². The molecule has 70 valence electrons. The molecule has 0 saturated heterocycles. The zero-order chi connectivity index (χ0) is 9.68. The number of carbonyl (C=O) groups is 1. The SMILES string of the molecule is Cc1cccc(OCCC(=O)[OH2+])c1. The topological polar surface area (TPSA) is 49.2 Å². The Bertz CT molecular complexity index is 294. The van der Waals surface area contributed by atoms with Crippen LogP contribution in [0.2, 0.25) is 0 Å². The van der Waals surface area contributed by atoms with Gasteiger partial charge in [0.25, 0.3) is 0 Å². The van der Waals surface area contributed by atoms with E-state index < -0.39 is 5.97 Å². The molecule has 3 nitrogen and oxygen atoms in total. The van der Waals surface area contributed by atoms with Gasteiger partial charge in [-0.3, -0.25) is 0 Å². The largest absolute Gasteiger partial charge is 0.565 e. The van der Waals surface area contributed by atoms with Crippen LogP contribution in [-0.2, 0) is 4.79 Å². The van der Waals surface area contributed by atoms with Crippen LogP contribution in [0.15, 0.2) is 24.3 Å². The van der Waals surface area contributed by atoms with E-state index >= 15 is 0 Å². The number of rotatable bonds is 4. The van der Waals surface area contributed by atoms with Crippen LogP contribution < -0.4 is 4.74 Å². The second-order valence-corrected chi connectivity index (χ2v) is 2.84. The molecule has 1 aromatic carbocycles. The third-order valence-electron chi connectivity index (χ3n) is 1.59. The highest BCUT2D eigenvalue weighted by Crippen LogP contribution is 2.12. The number of aryl methyl sites for hydroxylation is 1. The van der Waals surface area contributed by atoms with Gasteiger partial charge in [0, 0.05) is 4.79 Å². The standard InChI is InChI=1S/C10H12O3/c1-8-3-2-4-9(7-8)13-6-5-10(11)12/h2-4,7H,5-6H2,1H3,(H,11,12)/p+1. The molecule has 13 heavy (non-hydrogen) atoms. The second-order valence-electron chi connectivity index (χ2n) is 2.84. The maximum atomic E-state index is 10.3. The van der Waals surface area contributed by atoms with Gasteiger partial charge in [0.1, 0.15) is 18.8 Å². The quantitative estimate of drug-likeness (QED) is 0.651. The van der Waals surface area contributed by atoms with Crippen LogP contribution in [0.25, 0.3) is 0 Å². The number of carbonyl (C=O) groups excluding carboxylic acids is 1. The van der Waals surface area contributed by atoms with Crippen molar-refractivity contribution in [2.24, 2.45) is 0 Å². The first-order valence-corrected chi connectivity index (χ1v) is 4.12. The maximum absolute atomic E-state index is 10.3. The Morgan fingerprint density at radius 1 is 1.54 bits per heavy atom. The third kappa shape index (κ3) is 3.60. The van der Waals surface area contributed by atoms with Crippen molar-refractivity contribution in [3.05, 3.63) is 29.8 Å². The van der Waals surface area contributed by atoms with E-state index in [2.05, 4.69) is 0 Å². The van der Waals surface area contributed by atoms with Crippen molar-refractivity contribution in [1.82, 2.24) is 0 Å². The predicted molar refractivity (Wildman–Crippen MR) is 49.9 cm³/mol. The van der Waals surface area contributed by atoms with Crippen molar-refractivity contribution < 1.29 is 14.6 Å². The van der Waals surface area contributed by atoms with E-state index in [1.54, 1.807) is 0 Å². The van der Waals surface area contributed by atoms with Crippen LogP contribution in [0.3, 0.4) is 0 Å². The average Bonchev–Trinajstić information content (AvgIpc) is 2.03. The molecule has 0 saturated carbocycles. The molecule has 0 unspecified atom stereocenters. The molecule has 0 aliphatic rings. The molecule has 0 aromatic heterocycles. The molecule has 1 aromatic rings. The summed E-state index contributed by atoms with van der Waals surface area (Å²) in [6.45, 7) is 2.26. The van der Waals surface area contributed by atoms with E-state index in [0.29, 0.717) is 0 Å². The highest BCUT2D eigenvalue weighted by Gasteiger charge is 2.05. The molecule has 0 aliphatic heterocycles. The highest BCUT2D eigenvalue weighted by molar-refractivity contribution is 5.66. The van der Waals surface area contributed by atoms with Gasteiger partial charge in [-0.25, -0.2) is 0 Å². The van der Waals surface area contributed by atoms with Crippen LogP contribution in [0.4, 0.5) is 0 Å². The lowest BCUT2D eigenvalue weighted by Gasteiger charge is -2.03. The summed E-state index contributed by atoms with van der Waals surface area (Å²) in [5.74, 6) is 0.161. The van der Waals surface area contributed by atoms with Crippen LogP contribution >= 0.6 is 0 Å². The van der Waals surface area contributed by atoms with E-state index in [9.17, 15) is 4.79 Å². The van der Waals surface area contributed by atoms with Crippen molar-refractivity contribution in [1.29, 1.82) is 0 Å².